The number of amides is 1. The molecule has 1 atom stereocenters. The van der Waals surface area contributed by atoms with Crippen LogP contribution in [0.15, 0.2) is 4.79 Å². The number of nitrogens with two attached hydrogens (primary N) is 1. The van der Waals surface area contributed by atoms with Crippen LogP contribution in [0.1, 0.15) is 43.0 Å². The number of imidazole rings is 1. The fraction of sp³-hybridized carbons (Fsp3) is 0.600. The fourth-order valence-electron chi connectivity index (χ4n) is 2.87. The third kappa shape index (κ3) is 3.12. The molecular weight excluding hydrogens is 298 g/mol. The van der Waals surface area contributed by atoms with E-state index in [0.29, 0.717) is 42.5 Å². The molecule has 1 aliphatic rings. The molecule has 2 aromatic rings. The SMILES string of the molecule is CC(C)Cc1nc(C(N)=O)c2[nH]c(=O)n(CC3CCCO3)c2n1. The largest absolute Gasteiger partial charge is 0.376 e. The third-order valence-electron chi connectivity index (χ3n) is 3.90. The maximum absolute atomic E-state index is 12.3. The van der Waals surface area contributed by atoms with E-state index < -0.39 is 5.91 Å². The van der Waals surface area contributed by atoms with E-state index in [9.17, 15) is 9.59 Å². The molecule has 8 heteroatoms. The van der Waals surface area contributed by atoms with Gasteiger partial charge in [0.2, 0.25) is 0 Å². The summed E-state index contributed by atoms with van der Waals surface area (Å²) in [6.45, 7) is 5.19. The lowest BCUT2D eigenvalue weighted by atomic mass is 10.1. The van der Waals surface area contributed by atoms with Crippen molar-refractivity contribution in [1.29, 1.82) is 0 Å². The first-order valence-electron chi connectivity index (χ1n) is 7.86. The highest BCUT2D eigenvalue weighted by Crippen LogP contribution is 2.18. The van der Waals surface area contributed by atoms with E-state index in [1.807, 2.05) is 13.8 Å². The first kappa shape index (κ1) is 15.7. The minimum atomic E-state index is -0.673. The highest BCUT2D eigenvalue weighted by Gasteiger charge is 2.22. The van der Waals surface area contributed by atoms with Crippen LogP contribution in [0.25, 0.3) is 11.2 Å². The number of ether oxygens (including phenoxy) is 1. The zero-order valence-corrected chi connectivity index (χ0v) is 13.3. The highest BCUT2D eigenvalue weighted by atomic mass is 16.5. The van der Waals surface area contributed by atoms with Crippen LogP contribution in [0, 0.1) is 5.92 Å². The summed E-state index contributed by atoms with van der Waals surface area (Å²) in [6.07, 6.45) is 2.50. The Kier molecular flexibility index (Phi) is 4.16. The van der Waals surface area contributed by atoms with Gasteiger partial charge in [0, 0.05) is 13.0 Å². The molecule has 1 unspecified atom stereocenters. The zero-order chi connectivity index (χ0) is 16.6. The molecule has 0 radical (unpaired) electrons. The van der Waals surface area contributed by atoms with E-state index in [4.69, 9.17) is 10.5 Å². The average molecular weight is 319 g/mol. The van der Waals surface area contributed by atoms with Crippen molar-refractivity contribution in [3.63, 3.8) is 0 Å². The van der Waals surface area contributed by atoms with Gasteiger partial charge in [-0.25, -0.2) is 14.8 Å². The predicted octanol–water partition coefficient (Wildman–Crippen LogP) is 0.596. The van der Waals surface area contributed by atoms with E-state index in [-0.39, 0.29) is 17.5 Å². The number of rotatable bonds is 5. The Balaban J connectivity index is 2.12. The topological polar surface area (TPSA) is 116 Å². The molecule has 1 aliphatic heterocycles. The summed E-state index contributed by atoms with van der Waals surface area (Å²) in [5, 5.41) is 0. The van der Waals surface area contributed by atoms with Gasteiger partial charge in [-0.15, -0.1) is 0 Å². The molecular formula is C15H21N5O3. The number of primary amides is 1. The molecule has 23 heavy (non-hydrogen) atoms. The standard InChI is InChI=1S/C15H21N5O3/c1-8(2)6-10-17-11(13(16)21)12-14(18-10)20(15(22)19-12)7-9-4-3-5-23-9/h8-9H,3-7H2,1-2H3,(H2,16,21)(H,19,22). The average Bonchev–Trinajstić information content (AvgIpc) is 3.07. The van der Waals surface area contributed by atoms with Crippen molar-refractivity contribution in [2.45, 2.75) is 45.8 Å². The quantitative estimate of drug-likeness (QED) is 0.837. The van der Waals surface area contributed by atoms with E-state index in [1.54, 1.807) is 0 Å². The van der Waals surface area contributed by atoms with Crippen molar-refractivity contribution in [2.24, 2.45) is 11.7 Å². The van der Waals surface area contributed by atoms with Crippen LogP contribution in [0.5, 0.6) is 0 Å². The summed E-state index contributed by atoms with van der Waals surface area (Å²) >= 11 is 0. The van der Waals surface area contributed by atoms with Crippen molar-refractivity contribution in [1.82, 2.24) is 19.5 Å². The summed E-state index contributed by atoms with van der Waals surface area (Å²) in [5.74, 6) is 0.166. The minimum Gasteiger partial charge on any atom is -0.376 e. The number of carbonyl (C=O) groups is 1. The lowest BCUT2D eigenvalue weighted by molar-refractivity contribution is 0.0970. The molecule has 124 valence electrons. The lowest BCUT2D eigenvalue weighted by Gasteiger charge is -2.11. The lowest BCUT2D eigenvalue weighted by Crippen LogP contribution is -2.24. The second-order valence-corrected chi connectivity index (χ2v) is 6.33. The number of carbonyl (C=O) groups excluding carboxylic acids is 1. The molecule has 0 aromatic carbocycles. The molecule has 2 aromatic heterocycles. The van der Waals surface area contributed by atoms with Gasteiger partial charge in [-0.3, -0.25) is 9.36 Å². The Morgan fingerprint density at radius 3 is 2.87 bits per heavy atom. The number of H-pyrrole nitrogens is 1. The molecule has 3 heterocycles. The molecule has 0 spiro atoms. The second kappa shape index (κ2) is 6.11. The summed E-state index contributed by atoms with van der Waals surface area (Å²) in [6, 6.07) is 0. The van der Waals surface area contributed by atoms with Crippen LogP contribution in [-0.4, -0.2) is 38.1 Å². The van der Waals surface area contributed by atoms with Gasteiger partial charge in [0.15, 0.2) is 11.3 Å². The van der Waals surface area contributed by atoms with Crippen LogP contribution < -0.4 is 11.4 Å². The van der Waals surface area contributed by atoms with Gasteiger partial charge < -0.3 is 15.5 Å². The Morgan fingerprint density at radius 2 is 2.26 bits per heavy atom. The third-order valence-corrected chi connectivity index (χ3v) is 3.90. The molecule has 3 N–H and O–H groups in total. The molecule has 0 bridgehead atoms. The minimum absolute atomic E-state index is 0.00718. The van der Waals surface area contributed by atoms with Crippen molar-refractivity contribution >= 4 is 17.1 Å². The number of nitrogens with zero attached hydrogens (tertiary/aromatic N) is 3. The maximum Gasteiger partial charge on any atom is 0.327 e. The number of aromatic amines is 1. The van der Waals surface area contributed by atoms with Crippen LogP contribution in [-0.2, 0) is 17.7 Å². The van der Waals surface area contributed by atoms with Crippen LogP contribution in [0.3, 0.4) is 0 Å². The van der Waals surface area contributed by atoms with Gasteiger partial charge in [-0.1, -0.05) is 13.8 Å². The van der Waals surface area contributed by atoms with Crippen LogP contribution in [0.4, 0.5) is 0 Å². The number of fused-ring (bicyclic) bond motifs is 1. The summed E-state index contributed by atoms with van der Waals surface area (Å²) in [4.78, 5) is 35.3. The molecule has 0 aliphatic carbocycles. The van der Waals surface area contributed by atoms with Crippen molar-refractivity contribution < 1.29 is 9.53 Å². The first-order chi connectivity index (χ1) is 11.0. The van der Waals surface area contributed by atoms with Crippen molar-refractivity contribution in [2.75, 3.05) is 6.61 Å². The van der Waals surface area contributed by atoms with Gasteiger partial charge in [-0.2, -0.15) is 0 Å². The molecule has 3 rings (SSSR count). The molecule has 8 nitrogen and oxygen atoms in total. The van der Waals surface area contributed by atoms with Crippen LogP contribution in [0.2, 0.25) is 0 Å². The van der Waals surface area contributed by atoms with Gasteiger partial charge in [-0.05, 0) is 18.8 Å². The van der Waals surface area contributed by atoms with Gasteiger partial charge in [0.05, 0.1) is 12.6 Å². The number of nitrogens with one attached hydrogen (secondary N) is 1. The first-order valence-corrected chi connectivity index (χ1v) is 7.86. The van der Waals surface area contributed by atoms with Gasteiger partial charge in [0.25, 0.3) is 5.91 Å². The Hall–Kier alpha value is -2.22. The van der Waals surface area contributed by atoms with E-state index in [0.717, 1.165) is 12.8 Å². The highest BCUT2D eigenvalue weighted by molar-refractivity contribution is 6.01. The summed E-state index contributed by atoms with van der Waals surface area (Å²) in [5.41, 5.74) is 5.88. The molecule has 1 saturated heterocycles. The summed E-state index contributed by atoms with van der Waals surface area (Å²) in [7, 11) is 0. The smallest absolute Gasteiger partial charge is 0.327 e. The maximum atomic E-state index is 12.3. The molecule has 0 saturated carbocycles. The normalized spacial score (nSPS) is 18.1. The van der Waals surface area contributed by atoms with Crippen molar-refractivity contribution in [3.05, 3.63) is 22.0 Å². The van der Waals surface area contributed by atoms with E-state index in [1.165, 1.54) is 4.57 Å². The van der Waals surface area contributed by atoms with E-state index >= 15 is 0 Å². The fourth-order valence-corrected chi connectivity index (χ4v) is 2.87. The van der Waals surface area contributed by atoms with Crippen molar-refractivity contribution in [3.8, 4) is 0 Å². The number of hydrogen-bond donors (Lipinski definition) is 2. The van der Waals surface area contributed by atoms with E-state index in [2.05, 4.69) is 15.0 Å². The van der Waals surface area contributed by atoms with Gasteiger partial charge in [0.1, 0.15) is 11.3 Å². The summed E-state index contributed by atoms with van der Waals surface area (Å²) < 4.78 is 7.11. The number of aromatic nitrogens is 4. The zero-order valence-electron chi connectivity index (χ0n) is 13.3. The Morgan fingerprint density at radius 1 is 1.48 bits per heavy atom. The number of hydrogen-bond acceptors (Lipinski definition) is 5. The second-order valence-electron chi connectivity index (χ2n) is 6.33. The van der Waals surface area contributed by atoms with Gasteiger partial charge >= 0.3 is 5.69 Å². The molecule has 1 amide bonds. The monoisotopic (exact) mass is 319 g/mol. The van der Waals surface area contributed by atoms with Crippen LogP contribution >= 0.6 is 0 Å². The Labute approximate surface area is 133 Å². The molecule has 1 fully saturated rings. The Bertz CT molecular complexity index is 786. The predicted molar refractivity (Wildman–Crippen MR) is 84.2 cm³/mol.